The van der Waals surface area contributed by atoms with E-state index in [0.717, 1.165) is 46.9 Å². The maximum atomic E-state index is 13.7. The van der Waals surface area contributed by atoms with Crippen molar-refractivity contribution in [2.45, 2.75) is 44.3 Å². The van der Waals surface area contributed by atoms with Gasteiger partial charge in [0.15, 0.2) is 0 Å². The molecule has 1 aliphatic carbocycles. The van der Waals surface area contributed by atoms with E-state index in [4.69, 9.17) is 0 Å². The van der Waals surface area contributed by atoms with Gasteiger partial charge in [0.2, 0.25) is 0 Å². The lowest BCUT2D eigenvalue weighted by atomic mass is 9.90. The predicted octanol–water partition coefficient (Wildman–Crippen LogP) is 5.66. The molecule has 2 unspecified atom stereocenters. The van der Waals surface area contributed by atoms with Gasteiger partial charge in [0.25, 0.3) is 5.91 Å². The van der Waals surface area contributed by atoms with Gasteiger partial charge in [0.1, 0.15) is 11.4 Å². The largest absolute Gasteiger partial charge is 0.379 e. The molecule has 3 N–H and O–H groups in total. The number of carbonyl (C=O) groups is 1. The molecular formula is C30H32N6O. The van der Waals surface area contributed by atoms with E-state index in [1.807, 2.05) is 61.8 Å². The number of para-hydroxylation sites is 1. The number of benzene rings is 2. The molecular weight excluding hydrogens is 460 g/mol. The van der Waals surface area contributed by atoms with E-state index in [2.05, 4.69) is 56.1 Å². The van der Waals surface area contributed by atoms with Gasteiger partial charge in [0, 0.05) is 49.3 Å². The molecule has 7 nitrogen and oxygen atoms in total. The fourth-order valence-corrected chi connectivity index (χ4v) is 5.44. The van der Waals surface area contributed by atoms with Crippen molar-refractivity contribution >= 4 is 23.1 Å². The SMILES string of the molecule is CN1NC2CCCCC2Nc2cn(Cc3ccc(-c4ccccn4)cc3)c(Nc3ccccc3)c2C1=O. The number of carbonyl (C=O) groups excluding carboxylic acids is 1. The predicted molar refractivity (Wildman–Crippen MR) is 148 cm³/mol. The first kappa shape index (κ1) is 23.3. The lowest BCUT2D eigenvalue weighted by Crippen LogP contribution is -2.55. The minimum Gasteiger partial charge on any atom is -0.379 e. The highest BCUT2D eigenvalue weighted by Crippen LogP contribution is 2.35. The van der Waals surface area contributed by atoms with Crippen molar-refractivity contribution in [3.05, 3.63) is 96.3 Å². The Morgan fingerprint density at radius 2 is 1.70 bits per heavy atom. The molecule has 6 rings (SSSR count). The summed E-state index contributed by atoms with van der Waals surface area (Å²) in [5.74, 6) is 0.740. The Bertz CT molecular complexity index is 1370. The first-order chi connectivity index (χ1) is 18.2. The van der Waals surface area contributed by atoms with Crippen molar-refractivity contribution in [2.75, 3.05) is 17.7 Å². The number of fused-ring (bicyclic) bond motifs is 2. The molecule has 1 aliphatic heterocycles. The van der Waals surface area contributed by atoms with E-state index in [-0.39, 0.29) is 18.0 Å². The molecule has 0 spiro atoms. The highest BCUT2D eigenvalue weighted by atomic mass is 16.2. The highest BCUT2D eigenvalue weighted by Gasteiger charge is 2.34. The third-order valence-electron chi connectivity index (χ3n) is 7.37. The molecule has 2 aliphatic rings. The smallest absolute Gasteiger partial charge is 0.273 e. The number of pyridine rings is 1. The van der Waals surface area contributed by atoms with Crippen molar-refractivity contribution in [1.82, 2.24) is 20.0 Å². The Hall–Kier alpha value is -4.10. The van der Waals surface area contributed by atoms with Gasteiger partial charge in [-0.2, -0.15) is 0 Å². The molecule has 2 aromatic carbocycles. The van der Waals surface area contributed by atoms with Gasteiger partial charge in [-0.1, -0.05) is 61.4 Å². The molecule has 7 heteroatoms. The van der Waals surface area contributed by atoms with Crippen LogP contribution in [-0.2, 0) is 6.54 Å². The van der Waals surface area contributed by atoms with Crippen LogP contribution in [0.15, 0.2) is 85.2 Å². The monoisotopic (exact) mass is 492 g/mol. The molecule has 2 aromatic heterocycles. The van der Waals surface area contributed by atoms with E-state index in [9.17, 15) is 4.79 Å². The van der Waals surface area contributed by atoms with Gasteiger partial charge in [-0.05, 0) is 42.7 Å². The van der Waals surface area contributed by atoms with Gasteiger partial charge in [0.05, 0.1) is 11.4 Å². The molecule has 0 radical (unpaired) electrons. The molecule has 2 atom stereocenters. The second-order valence-electron chi connectivity index (χ2n) is 9.93. The van der Waals surface area contributed by atoms with Crippen LogP contribution >= 0.6 is 0 Å². The zero-order valence-electron chi connectivity index (χ0n) is 21.0. The van der Waals surface area contributed by atoms with Gasteiger partial charge in [-0.15, -0.1) is 0 Å². The zero-order valence-corrected chi connectivity index (χ0v) is 21.0. The summed E-state index contributed by atoms with van der Waals surface area (Å²) in [5, 5.41) is 8.95. The quantitative estimate of drug-likeness (QED) is 0.335. The first-order valence-corrected chi connectivity index (χ1v) is 13.0. The normalized spacial score (nSPS) is 19.3. The van der Waals surface area contributed by atoms with E-state index in [1.54, 1.807) is 5.01 Å². The Balaban J connectivity index is 1.38. The standard InChI is InChI=1S/C30H32N6O/c1-35-30(37)28-27(33-25-12-5-6-13-26(25)34-35)20-36(29(28)32-23-9-3-2-4-10-23)19-21-14-16-22(17-15-21)24-11-7-8-18-31-24/h2-4,7-11,14-18,20,25-26,32-34H,5-6,12-13,19H2,1H3. The van der Waals surface area contributed by atoms with E-state index >= 15 is 0 Å². The number of anilines is 3. The van der Waals surface area contributed by atoms with Crippen LogP contribution in [-0.4, -0.2) is 39.6 Å². The summed E-state index contributed by atoms with van der Waals surface area (Å²) in [6.45, 7) is 0.630. The third kappa shape index (κ3) is 4.82. The van der Waals surface area contributed by atoms with Crippen LogP contribution < -0.4 is 16.1 Å². The second-order valence-corrected chi connectivity index (χ2v) is 9.93. The van der Waals surface area contributed by atoms with Crippen molar-refractivity contribution in [1.29, 1.82) is 0 Å². The molecule has 1 saturated carbocycles. The van der Waals surface area contributed by atoms with Gasteiger partial charge < -0.3 is 15.2 Å². The Morgan fingerprint density at radius 3 is 2.46 bits per heavy atom. The minimum atomic E-state index is -0.0470. The fraction of sp³-hybridized carbons (Fsp3) is 0.267. The zero-order chi connectivity index (χ0) is 25.2. The molecule has 37 heavy (non-hydrogen) atoms. The maximum Gasteiger partial charge on any atom is 0.273 e. The fourth-order valence-electron chi connectivity index (χ4n) is 5.44. The van der Waals surface area contributed by atoms with Gasteiger partial charge in [-0.3, -0.25) is 14.8 Å². The van der Waals surface area contributed by atoms with Gasteiger partial charge >= 0.3 is 0 Å². The summed E-state index contributed by atoms with van der Waals surface area (Å²) in [6.07, 6.45) is 8.43. The van der Waals surface area contributed by atoms with Crippen LogP contribution in [0.5, 0.6) is 0 Å². The van der Waals surface area contributed by atoms with Crippen LogP contribution in [0.3, 0.4) is 0 Å². The second kappa shape index (κ2) is 10.1. The molecule has 188 valence electrons. The average molecular weight is 493 g/mol. The lowest BCUT2D eigenvalue weighted by molar-refractivity contribution is 0.0652. The number of rotatable bonds is 5. The number of hydrogen-bond acceptors (Lipinski definition) is 5. The van der Waals surface area contributed by atoms with E-state index < -0.39 is 0 Å². The molecule has 1 amide bonds. The number of nitrogens with zero attached hydrogens (tertiary/aromatic N) is 3. The summed E-state index contributed by atoms with van der Waals surface area (Å²) < 4.78 is 2.15. The van der Waals surface area contributed by atoms with Crippen molar-refractivity contribution in [3.63, 3.8) is 0 Å². The molecule has 1 fully saturated rings. The Morgan fingerprint density at radius 1 is 0.946 bits per heavy atom. The molecule has 0 saturated heterocycles. The molecule has 3 heterocycles. The third-order valence-corrected chi connectivity index (χ3v) is 7.37. The van der Waals surface area contributed by atoms with Crippen LogP contribution in [0.4, 0.5) is 17.2 Å². The Kier molecular flexibility index (Phi) is 6.37. The summed E-state index contributed by atoms with van der Waals surface area (Å²) in [4.78, 5) is 18.2. The van der Waals surface area contributed by atoms with Crippen LogP contribution in [0.25, 0.3) is 11.3 Å². The number of amides is 1. The van der Waals surface area contributed by atoms with E-state index in [0.29, 0.717) is 12.1 Å². The number of nitrogens with one attached hydrogen (secondary N) is 3. The number of hydrogen-bond donors (Lipinski definition) is 3. The van der Waals surface area contributed by atoms with Crippen molar-refractivity contribution < 1.29 is 4.79 Å². The molecule has 0 bridgehead atoms. The minimum absolute atomic E-state index is 0.0470. The number of aromatic nitrogens is 2. The lowest BCUT2D eigenvalue weighted by Gasteiger charge is -2.38. The van der Waals surface area contributed by atoms with E-state index in [1.165, 1.54) is 12.8 Å². The maximum absolute atomic E-state index is 13.7. The van der Waals surface area contributed by atoms with Crippen LogP contribution in [0.2, 0.25) is 0 Å². The van der Waals surface area contributed by atoms with Crippen molar-refractivity contribution in [2.24, 2.45) is 0 Å². The average Bonchev–Trinajstić information content (AvgIpc) is 3.25. The van der Waals surface area contributed by atoms with Gasteiger partial charge in [-0.25, -0.2) is 5.43 Å². The first-order valence-electron chi connectivity index (χ1n) is 13.0. The molecule has 4 aromatic rings. The number of hydrazine groups is 1. The topological polar surface area (TPSA) is 74.2 Å². The van der Waals surface area contributed by atoms with Crippen molar-refractivity contribution in [3.8, 4) is 11.3 Å². The van der Waals surface area contributed by atoms with Crippen LogP contribution in [0.1, 0.15) is 41.6 Å². The highest BCUT2D eigenvalue weighted by molar-refractivity contribution is 6.05. The van der Waals surface area contributed by atoms with Crippen LogP contribution in [0, 0.1) is 0 Å². The summed E-state index contributed by atoms with van der Waals surface area (Å²) in [5.41, 5.74) is 9.14. The summed E-state index contributed by atoms with van der Waals surface area (Å²) in [6, 6.07) is 25.0. The summed E-state index contributed by atoms with van der Waals surface area (Å²) in [7, 11) is 1.84. The Labute approximate surface area is 217 Å². The summed E-state index contributed by atoms with van der Waals surface area (Å²) >= 11 is 0.